The first-order valence-electron chi connectivity index (χ1n) is 8.69. The van der Waals surface area contributed by atoms with E-state index in [-0.39, 0.29) is 24.9 Å². The number of carbonyl (C=O) groups is 2. The summed E-state index contributed by atoms with van der Waals surface area (Å²) in [5.41, 5.74) is 0.690. The lowest BCUT2D eigenvalue weighted by Crippen LogP contribution is -2.44. The fraction of sp³-hybridized carbons (Fsp3) is 0.579. The number of benzene rings is 1. The van der Waals surface area contributed by atoms with Crippen LogP contribution < -0.4 is 5.32 Å². The molecule has 0 saturated carbocycles. The van der Waals surface area contributed by atoms with Crippen molar-refractivity contribution in [2.75, 3.05) is 38.5 Å². The molecule has 0 saturated heterocycles. The third-order valence-electron chi connectivity index (χ3n) is 3.47. The Balaban J connectivity index is 2.52. The summed E-state index contributed by atoms with van der Waals surface area (Å²) in [5, 5.41) is 3.42. The molecule has 1 aromatic carbocycles. The van der Waals surface area contributed by atoms with E-state index in [9.17, 15) is 9.59 Å². The highest BCUT2D eigenvalue weighted by molar-refractivity contribution is 6.30. The van der Waals surface area contributed by atoms with Crippen molar-refractivity contribution in [2.45, 2.75) is 27.7 Å². The molecule has 0 radical (unpaired) electrons. The van der Waals surface area contributed by atoms with Crippen LogP contribution in [0.25, 0.3) is 0 Å². The molecule has 0 unspecified atom stereocenters. The van der Waals surface area contributed by atoms with Gasteiger partial charge in [0.1, 0.15) is 0 Å². The molecular formula is C19H30ClN3O2. The number of likely N-dealkylation sites (N-methyl/N-ethyl adjacent to an activating group) is 1. The van der Waals surface area contributed by atoms with Crippen molar-refractivity contribution in [2.24, 2.45) is 11.8 Å². The maximum absolute atomic E-state index is 12.5. The van der Waals surface area contributed by atoms with Crippen LogP contribution in [0.2, 0.25) is 5.02 Å². The average Bonchev–Trinajstić information content (AvgIpc) is 2.47. The smallest absolute Gasteiger partial charge is 0.238 e. The largest absolute Gasteiger partial charge is 0.341 e. The predicted molar refractivity (Wildman–Crippen MR) is 104 cm³/mol. The van der Waals surface area contributed by atoms with Crippen LogP contribution in [0.15, 0.2) is 24.3 Å². The zero-order chi connectivity index (χ0) is 19.0. The van der Waals surface area contributed by atoms with E-state index in [1.54, 1.807) is 36.2 Å². The number of rotatable bonds is 9. The van der Waals surface area contributed by atoms with Gasteiger partial charge in [-0.3, -0.25) is 14.5 Å². The van der Waals surface area contributed by atoms with Crippen molar-refractivity contribution in [3.8, 4) is 0 Å². The van der Waals surface area contributed by atoms with Gasteiger partial charge in [-0.15, -0.1) is 0 Å². The fourth-order valence-corrected chi connectivity index (χ4v) is 2.65. The summed E-state index contributed by atoms with van der Waals surface area (Å²) in [6, 6.07) is 6.94. The van der Waals surface area contributed by atoms with Gasteiger partial charge in [0.15, 0.2) is 0 Å². The predicted octanol–water partition coefficient (Wildman–Crippen LogP) is 3.35. The monoisotopic (exact) mass is 367 g/mol. The number of anilines is 1. The van der Waals surface area contributed by atoms with Crippen molar-refractivity contribution < 1.29 is 9.59 Å². The van der Waals surface area contributed by atoms with Gasteiger partial charge < -0.3 is 10.2 Å². The molecule has 1 aromatic rings. The van der Waals surface area contributed by atoms with Gasteiger partial charge in [-0.05, 0) is 43.1 Å². The molecule has 0 aliphatic carbocycles. The summed E-state index contributed by atoms with van der Waals surface area (Å²) >= 11 is 5.83. The van der Waals surface area contributed by atoms with Crippen LogP contribution in [0.3, 0.4) is 0 Å². The first kappa shape index (κ1) is 21.5. The molecule has 2 amide bonds. The third-order valence-corrected chi connectivity index (χ3v) is 3.72. The van der Waals surface area contributed by atoms with Crippen LogP contribution in [0, 0.1) is 11.8 Å². The van der Waals surface area contributed by atoms with Crippen LogP contribution in [-0.4, -0.2) is 54.8 Å². The minimum Gasteiger partial charge on any atom is -0.341 e. The Kier molecular flexibility index (Phi) is 8.93. The van der Waals surface area contributed by atoms with Gasteiger partial charge in [0.25, 0.3) is 0 Å². The average molecular weight is 368 g/mol. The zero-order valence-electron chi connectivity index (χ0n) is 15.9. The molecule has 6 heteroatoms. The number of nitrogens with one attached hydrogen (secondary N) is 1. The molecule has 5 nitrogen and oxygen atoms in total. The van der Waals surface area contributed by atoms with Crippen molar-refractivity contribution in [1.29, 1.82) is 0 Å². The van der Waals surface area contributed by atoms with Crippen LogP contribution in [0.4, 0.5) is 5.69 Å². The second-order valence-corrected chi connectivity index (χ2v) is 7.75. The lowest BCUT2D eigenvalue weighted by atomic mass is 10.1. The summed E-state index contributed by atoms with van der Waals surface area (Å²) in [4.78, 5) is 28.3. The van der Waals surface area contributed by atoms with Crippen LogP contribution in [0.1, 0.15) is 27.7 Å². The number of hydrogen-bond donors (Lipinski definition) is 1. The van der Waals surface area contributed by atoms with E-state index in [0.29, 0.717) is 22.5 Å². The van der Waals surface area contributed by atoms with E-state index < -0.39 is 0 Å². The molecule has 0 heterocycles. The molecule has 1 N–H and O–H groups in total. The lowest BCUT2D eigenvalue weighted by molar-refractivity contribution is -0.133. The normalized spacial score (nSPS) is 11.2. The maximum atomic E-state index is 12.5. The zero-order valence-corrected chi connectivity index (χ0v) is 16.6. The van der Waals surface area contributed by atoms with E-state index in [4.69, 9.17) is 11.6 Å². The highest BCUT2D eigenvalue weighted by atomic mass is 35.5. The van der Waals surface area contributed by atoms with Gasteiger partial charge in [0.2, 0.25) is 11.8 Å². The standard InChI is InChI=1S/C19H30ClN3O2/c1-14(2)10-23(11-15(3)4)19(25)13-22(5)12-18(24)21-17-8-6-16(20)7-9-17/h6-9,14-15H,10-13H2,1-5H3,(H,21,24). The van der Waals surface area contributed by atoms with E-state index in [1.807, 2.05) is 4.90 Å². The second kappa shape index (κ2) is 10.4. The molecule has 25 heavy (non-hydrogen) atoms. The summed E-state index contributed by atoms with van der Waals surface area (Å²) in [7, 11) is 1.78. The molecule has 140 valence electrons. The number of hydrogen-bond acceptors (Lipinski definition) is 3. The molecule has 0 aromatic heterocycles. The van der Waals surface area contributed by atoms with Gasteiger partial charge >= 0.3 is 0 Å². The third kappa shape index (κ3) is 8.89. The topological polar surface area (TPSA) is 52.7 Å². The van der Waals surface area contributed by atoms with Gasteiger partial charge in [0.05, 0.1) is 13.1 Å². The number of halogens is 1. The number of nitrogens with zero attached hydrogens (tertiary/aromatic N) is 2. The summed E-state index contributed by atoms with van der Waals surface area (Å²) in [6.45, 7) is 10.3. The van der Waals surface area contributed by atoms with Gasteiger partial charge in [0, 0.05) is 23.8 Å². The molecule has 0 aliphatic heterocycles. The SMILES string of the molecule is CC(C)CN(CC(C)C)C(=O)CN(C)CC(=O)Nc1ccc(Cl)cc1. The maximum Gasteiger partial charge on any atom is 0.238 e. The molecule has 0 spiro atoms. The van der Waals surface area contributed by atoms with Gasteiger partial charge in [-0.25, -0.2) is 0 Å². The van der Waals surface area contributed by atoms with Crippen molar-refractivity contribution in [1.82, 2.24) is 9.80 Å². The van der Waals surface area contributed by atoms with Gasteiger partial charge in [-0.2, -0.15) is 0 Å². The van der Waals surface area contributed by atoms with Crippen LogP contribution in [-0.2, 0) is 9.59 Å². The molecule has 0 aliphatic rings. The van der Waals surface area contributed by atoms with E-state index in [2.05, 4.69) is 33.0 Å². The molecular weight excluding hydrogens is 338 g/mol. The quantitative estimate of drug-likeness (QED) is 0.728. The Bertz CT molecular complexity index is 548. The van der Waals surface area contributed by atoms with Crippen LogP contribution >= 0.6 is 11.6 Å². The number of amides is 2. The van der Waals surface area contributed by atoms with Gasteiger partial charge in [-0.1, -0.05) is 39.3 Å². The molecule has 0 atom stereocenters. The Morgan fingerprint density at radius 3 is 2.00 bits per heavy atom. The van der Waals surface area contributed by atoms with E-state index in [0.717, 1.165) is 13.1 Å². The highest BCUT2D eigenvalue weighted by Gasteiger charge is 2.19. The Morgan fingerprint density at radius 1 is 1.00 bits per heavy atom. The first-order valence-corrected chi connectivity index (χ1v) is 9.07. The van der Waals surface area contributed by atoms with Crippen molar-refractivity contribution in [3.63, 3.8) is 0 Å². The van der Waals surface area contributed by atoms with E-state index in [1.165, 1.54) is 0 Å². The Morgan fingerprint density at radius 2 is 1.52 bits per heavy atom. The second-order valence-electron chi connectivity index (χ2n) is 7.31. The number of carbonyl (C=O) groups excluding carboxylic acids is 2. The minimum atomic E-state index is -0.156. The fourth-order valence-electron chi connectivity index (χ4n) is 2.53. The molecule has 1 rings (SSSR count). The Labute approximate surface area is 156 Å². The van der Waals surface area contributed by atoms with E-state index >= 15 is 0 Å². The lowest BCUT2D eigenvalue weighted by Gasteiger charge is -2.28. The minimum absolute atomic E-state index is 0.0594. The molecule has 0 fully saturated rings. The highest BCUT2D eigenvalue weighted by Crippen LogP contribution is 2.13. The van der Waals surface area contributed by atoms with Crippen molar-refractivity contribution >= 4 is 29.1 Å². The molecule has 0 bridgehead atoms. The van der Waals surface area contributed by atoms with Crippen molar-refractivity contribution in [3.05, 3.63) is 29.3 Å². The first-order chi connectivity index (χ1) is 11.7. The van der Waals surface area contributed by atoms with Crippen LogP contribution in [0.5, 0.6) is 0 Å². The Hall–Kier alpha value is -1.59. The summed E-state index contributed by atoms with van der Waals surface area (Å²) in [6.07, 6.45) is 0. The summed E-state index contributed by atoms with van der Waals surface area (Å²) < 4.78 is 0. The summed E-state index contributed by atoms with van der Waals surface area (Å²) in [5.74, 6) is 0.739.